The van der Waals surface area contributed by atoms with Gasteiger partial charge in [0.15, 0.2) is 6.10 Å². The predicted octanol–water partition coefficient (Wildman–Crippen LogP) is 5.74. The van der Waals surface area contributed by atoms with Gasteiger partial charge in [0.05, 0.1) is 0 Å². The second kappa shape index (κ2) is 15.0. The molecule has 1 unspecified atom stereocenters. The molecule has 2 aliphatic heterocycles. The Balaban J connectivity index is 1.39. The third kappa shape index (κ3) is 8.03. The first-order chi connectivity index (χ1) is 23.0. The van der Waals surface area contributed by atoms with E-state index in [2.05, 4.69) is 10.6 Å². The molecule has 3 amide bonds. The van der Waals surface area contributed by atoms with Crippen molar-refractivity contribution in [3.05, 3.63) is 125 Å². The fourth-order valence-electron chi connectivity index (χ4n) is 5.32. The molecule has 0 spiro atoms. The van der Waals surface area contributed by atoms with Crippen molar-refractivity contribution in [2.24, 2.45) is 0 Å². The zero-order chi connectivity index (χ0) is 34.4. The Labute approximate surface area is 288 Å². The quantitative estimate of drug-likeness (QED) is 0.139. The number of aromatic hydroxyl groups is 1. The Morgan fingerprint density at radius 3 is 2.15 bits per heavy atom. The summed E-state index contributed by atoms with van der Waals surface area (Å²) in [5, 5.41) is 14.5. The van der Waals surface area contributed by atoms with Crippen LogP contribution >= 0.6 is 23.4 Å². The monoisotopic (exact) mass is 689 g/mol. The number of alkyl carbamates (subject to hydrolysis) is 1. The molecule has 48 heavy (non-hydrogen) atoms. The third-order valence-electron chi connectivity index (χ3n) is 7.48. The summed E-state index contributed by atoms with van der Waals surface area (Å²) >= 11 is 7.30. The minimum absolute atomic E-state index is 0.0226. The highest BCUT2D eigenvalue weighted by molar-refractivity contribution is 8.00. The Kier molecular flexibility index (Phi) is 10.8. The number of rotatable bonds is 10. The van der Waals surface area contributed by atoms with Crippen molar-refractivity contribution in [2.45, 2.75) is 49.9 Å². The average molecular weight is 690 g/mol. The first-order valence-corrected chi connectivity index (χ1v) is 16.8. The normalized spacial score (nSPS) is 18.2. The van der Waals surface area contributed by atoms with Crippen molar-refractivity contribution in [2.75, 3.05) is 11.6 Å². The number of hydrogen-bond donors (Lipinski definition) is 3. The molecule has 0 radical (unpaired) electrons. The lowest BCUT2D eigenvalue weighted by Crippen LogP contribution is -2.71. The molecular formula is C36H36ClN3O7S. The summed E-state index contributed by atoms with van der Waals surface area (Å²) < 4.78 is 11.5. The Bertz CT molecular complexity index is 1670. The number of thioether (sulfide) groups is 1. The maximum atomic E-state index is 14.0. The molecule has 1 fully saturated rings. The van der Waals surface area contributed by atoms with E-state index in [9.17, 15) is 24.3 Å². The SMILES string of the molecule is CC(C)(C)OC(=O)NC(C(=O)N[C@@H]1C(=O)N2C(C(=O)OC(c3ccccc3)c3ccccc3)=C(/C=C\CCl)CS[C@H]12)c1ccc(O)cc1. The summed E-state index contributed by atoms with van der Waals surface area (Å²) in [4.78, 5) is 55.5. The molecule has 0 aliphatic carbocycles. The number of fused-ring (bicyclic) bond motifs is 1. The lowest BCUT2D eigenvalue weighted by molar-refractivity contribution is -0.154. The van der Waals surface area contributed by atoms with Gasteiger partial charge < -0.3 is 25.2 Å². The van der Waals surface area contributed by atoms with E-state index in [0.717, 1.165) is 11.1 Å². The highest BCUT2D eigenvalue weighted by Crippen LogP contribution is 2.42. The van der Waals surface area contributed by atoms with E-state index in [1.165, 1.54) is 40.9 Å². The number of nitrogens with zero attached hydrogens (tertiary/aromatic N) is 1. The lowest BCUT2D eigenvalue weighted by Gasteiger charge is -2.49. The summed E-state index contributed by atoms with van der Waals surface area (Å²) in [5.41, 5.74) is 1.70. The molecule has 3 atom stereocenters. The smallest absolute Gasteiger partial charge is 0.408 e. The van der Waals surface area contributed by atoms with Crippen LogP contribution in [-0.4, -0.2) is 62.5 Å². The summed E-state index contributed by atoms with van der Waals surface area (Å²) in [7, 11) is 0. The fourth-order valence-corrected chi connectivity index (χ4v) is 6.73. The number of nitrogens with one attached hydrogen (secondary N) is 2. The number of allylic oxidation sites excluding steroid dienone is 2. The van der Waals surface area contributed by atoms with Gasteiger partial charge in [0.1, 0.15) is 34.5 Å². The van der Waals surface area contributed by atoms with Crippen molar-refractivity contribution in [3.63, 3.8) is 0 Å². The van der Waals surface area contributed by atoms with E-state index in [1.54, 1.807) is 32.9 Å². The van der Waals surface area contributed by atoms with E-state index in [4.69, 9.17) is 21.1 Å². The number of carbonyl (C=O) groups excluding carboxylic acids is 4. The number of phenols is 1. The maximum Gasteiger partial charge on any atom is 0.408 e. The van der Waals surface area contributed by atoms with Crippen LogP contribution in [0.2, 0.25) is 0 Å². The van der Waals surface area contributed by atoms with Gasteiger partial charge in [-0.3, -0.25) is 14.5 Å². The van der Waals surface area contributed by atoms with E-state index < -0.39 is 53.0 Å². The van der Waals surface area contributed by atoms with Crippen LogP contribution in [0.3, 0.4) is 0 Å². The minimum atomic E-state index is -1.24. The molecule has 0 bridgehead atoms. The molecule has 3 aromatic carbocycles. The van der Waals surface area contributed by atoms with Crippen LogP contribution in [0.5, 0.6) is 5.75 Å². The molecule has 2 heterocycles. The van der Waals surface area contributed by atoms with Crippen LogP contribution < -0.4 is 10.6 Å². The van der Waals surface area contributed by atoms with Gasteiger partial charge in [0, 0.05) is 11.6 Å². The number of hydrogen-bond acceptors (Lipinski definition) is 8. The second-order valence-electron chi connectivity index (χ2n) is 12.1. The Morgan fingerprint density at radius 2 is 1.58 bits per heavy atom. The van der Waals surface area contributed by atoms with Crippen LogP contribution in [-0.2, 0) is 23.9 Å². The van der Waals surface area contributed by atoms with Gasteiger partial charge in [-0.15, -0.1) is 23.4 Å². The Morgan fingerprint density at radius 1 is 0.979 bits per heavy atom. The average Bonchev–Trinajstić information content (AvgIpc) is 3.07. The molecule has 12 heteroatoms. The first kappa shape index (κ1) is 34.6. The number of esters is 1. The molecule has 0 saturated carbocycles. The summed E-state index contributed by atoms with van der Waals surface area (Å²) in [6.45, 7) is 5.08. The Hall–Kier alpha value is -4.74. The van der Waals surface area contributed by atoms with Gasteiger partial charge in [-0.1, -0.05) is 84.9 Å². The van der Waals surface area contributed by atoms with Gasteiger partial charge in [-0.2, -0.15) is 0 Å². The van der Waals surface area contributed by atoms with Crippen molar-refractivity contribution in [3.8, 4) is 5.75 Å². The van der Waals surface area contributed by atoms with Crippen molar-refractivity contribution in [1.29, 1.82) is 0 Å². The molecule has 250 valence electrons. The molecular weight excluding hydrogens is 654 g/mol. The molecule has 2 aliphatic rings. The standard InChI is InChI=1S/C36H36ClN3O7S/c1-36(2,3)47-35(45)39-27(22-16-18-26(41)19-17-22)31(42)38-28-32(43)40-29(25(15-10-20-37)21-48-33(28)40)34(44)46-30(23-11-6-4-7-12-23)24-13-8-5-9-14-24/h4-19,27-28,30,33,41H,20-21H2,1-3H3,(H,38,42)(H,39,45)/b15-10-/t27?,28-,33-/m1/s1. The van der Waals surface area contributed by atoms with E-state index in [-0.39, 0.29) is 17.3 Å². The number of carbonyl (C=O) groups is 4. The fraction of sp³-hybridized carbons (Fsp3) is 0.278. The number of β-lactam (4-membered cyclic amide) rings is 1. The minimum Gasteiger partial charge on any atom is -0.508 e. The molecule has 3 N–H and O–H groups in total. The van der Waals surface area contributed by atoms with Gasteiger partial charge in [0.25, 0.3) is 5.91 Å². The summed E-state index contributed by atoms with van der Waals surface area (Å²) in [6, 6.07) is 22.1. The van der Waals surface area contributed by atoms with Crippen molar-refractivity contribution in [1.82, 2.24) is 15.5 Å². The maximum absolute atomic E-state index is 14.0. The number of amides is 3. The van der Waals surface area contributed by atoms with Gasteiger partial charge in [0.2, 0.25) is 5.91 Å². The molecule has 0 aromatic heterocycles. The molecule has 10 nitrogen and oxygen atoms in total. The molecule has 3 aromatic rings. The van der Waals surface area contributed by atoms with E-state index in [1.807, 2.05) is 60.7 Å². The van der Waals surface area contributed by atoms with Crippen LogP contribution in [0, 0.1) is 0 Å². The van der Waals surface area contributed by atoms with Gasteiger partial charge in [-0.05, 0) is 55.2 Å². The van der Waals surface area contributed by atoms with Crippen molar-refractivity contribution >= 4 is 47.2 Å². The summed E-state index contributed by atoms with van der Waals surface area (Å²) in [6.07, 6.45) is 1.82. The van der Waals surface area contributed by atoms with Crippen LogP contribution in [0.25, 0.3) is 0 Å². The van der Waals surface area contributed by atoms with E-state index >= 15 is 0 Å². The number of halogens is 1. The van der Waals surface area contributed by atoms with E-state index in [0.29, 0.717) is 16.9 Å². The largest absolute Gasteiger partial charge is 0.508 e. The summed E-state index contributed by atoms with van der Waals surface area (Å²) in [5.74, 6) is -1.35. The van der Waals surface area contributed by atoms with Gasteiger partial charge in [-0.25, -0.2) is 9.59 Å². The lowest BCUT2D eigenvalue weighted by atomic mass is 9.99. The molecule has 1 saturated heterocycles. The number of alkyl halides is 1. The molecule has 5 rings (SSSR count). The zero-order valence-corrected chi connectivity index (χ0v) is 28.2. The number of ether oxygens (including phenoxy) is 2. The van der Waals surface area contributed by atoms with Crippen LogP contribution in [0.15, 0.2) is 108 Å². The third-order valence-corrected chi connectivity index (χ3v) is 8.96. The number of benzene rings is 3. The van der Waals surface area contributed by atoms with Crippen LogP contribution in [0.1, 0.15) is 49.6 Å². The second-order valence-corrected chi connectivity index (χ2v) is 13.5. The first-order valence-electron chi connectivity index (χ1n) is 15.3. The predicted molar refractivity (Wildman–Crippen MR) is 183 cm³/mol. The number of phenolic OH excluding ortho intramolecular Hbond substituents is 1. The zero-order valence-electron chi connectivity index (χ0n) is 26.6. The van der Waals surface area contributed by atoms with Crippen LogP contribution in [0.4, 0.5) is 4.79 Å². The van der Waals surface area contributed by atoms with Crippen molar-refractivity contribution < 1.29 is 33.8 Å². The highest BCUT2D eigenvalue weighted by Gasteiger charge is 2.55. The van der Waals surface area contributed by atoms with Gasteiger partial charge >= 0.3 is 12.1 Å². The highest BCUT2D eigenvalue weighted by atomic mass is 35.5. The topological polar surface area (TPSA) is 134 Å².